The van der Waals surface area contributed by atoms with Gasteiger partial charge in [-0.1, -0.05) is 36.9 Å². The summed E-state index contributed by atoms with van der Waals surface area (Å²) in [5, 5.41) is 7.74. The van der Waals surface area contributed by atoms with Crippen LogP contribution >= 0.6 is 0 Å². The quantitative estimate of drug-likeness (QED) is 0.323. The van der Waals surface area contributed by atoms with Gasteiger partial charge in [0.25, 0.3) is 11.8 Å². The van der Waals surface area contributed by atoms with Gasteiger partial charge >= 0.3 is 0 Å². The molecule has 10 nitrogen and oxygen atoms in total. The van der Waals surface area contributed by atoms with E-state index in [1.165, 1.54) is 6.08 Å². The average molecular weight is 539 g/mol. The van der Waals surface area contributed by atoms with Crippen molar-refractivity contribution in [2.45, 2.75) is 32.0 Å². The SMILES string of the molecule is C=CC(=O)Nc1cccc2c(-c3nc(C(=O)NC4CCOCC4)c4n3CCN(C(=O)c3ccc[nH]3)C4)cccc12. The number of nitrogens with zero attached hydrogens (tertiary/aromatic N) is 3. The molecule has 0 saturated carbocycles. The molecule has 0 unspecified atom stereocenters. The minimum absolute atomic E-state index is 0.0101. The molecule has 0 aliphatic carbocycles. The highest BCUT2D eigenvalue weighted by atomic mass is 16.5. The van der Waals surface area contributed by atoms with Crippen molar-refractivity contribution in [3.63, 3.8) is 0 Å². The molecule has 6 rings (SSSR count). The fourth-order valence-electron chi connectivity index (χ4n) is 5.46. The molecular formula is C30H30N6O4. The Kier molecular flexibility index (Phi) is 6.91. The van der Waals surface area contributed by atoms with Crippen LogP contribution in [0.4, 0.5) is 5.69 Å². The van der Waals surface area contributed by atoms with Crippen molar-refractivity contribution in [2.75, 3.05) is 25.1 Å². The van der Waals surface area contributed by atoms with E-state index in [1.54, 1.807) is 23.2 Å². The third-order valence-electron chi connectivity index (χ3n) is 7.50. The highest BCUT2D eigenvalue weighted by Crippen LogP contribution is 2.35. The topological polar surface area (TPSA) is 121 Å². The summed E-state index contributed by atoms with van der Waals surface area (Å²) in [5.74, 6) is -0.0234. The Hall–Kier alpha value is -4.70. The maximum Gasteiger partial charge on any atom is 0.272 e. The van der Waals surface area contributed by atoms with E-state index in [1.807, 2.05) is 41.0 Å². The van der Waals surface area contributed by atoms with Crippen LogP contribution in [0.2, 0.25) is 0 Å². The van der Waals surface area contributed by atoms with Gasteiger partial charge in [-0.2, -0.15) is 0 Å². The van der Waals surface area contributed by atoms with Gasteiger partial charge in [0, 0.05) is 55.2 Å². The lowest BCUT2D eigenvalue weighted by molar-refractivity contribution is -0.111. The molecule has 1 fully saturated rings. The van der Waals surface area contributed by atoms with Crippen molar-refractivity contribution < 1.29 is 19.1 Å². The molecule has 2 aromatic carbocycles. The Morgan fingerprint density at radius 1 is 1.02 bits per heavy atom. The smallest absolute Gasteiger partial charge is 0.272 e. The second-order valence-electron chi connectivity index (χ2n) is 9.95. The van der Waals surface area contributed by atoms with Crippen LogP contribution in [0.15, 0.2) is 67.4 Å². The van der Waals surface area contributed by atoms with Gasteiger partial charge in [-0.15, -0.1) is 0 Å². The van der Waals surface area contributed by atoms with E-state index in [9.17, 15) is 14.4 Å². The second kappa shape index (κ2) is 10.8. The Labute approximate surface area is 231 Å². The number of imidazole rings is 1. The molecule has 0 spiro atoms. The Bertz CT molecular complexity index is 1600. The number of benzene rings is 2. The van der Waals surface area contributed by atoms with Crippen LogP contribution in [-0.4, -0.2) is 63.0 Å². The number of amides is 3. The van der Waals surface area contributed by atoms with Crippen molar-refractivity contribution in [1.29, 1.82) is 0 Å². The normalized spacial score (nSPS) is 15.4. The van der Waals surface area contributed by atoms with Crippen LogP contribution in [0.5, 0.6) is 0 Å². The number of hydrogen-bond acceptors (Lipinski definition) is 5. The van der Waals surface area contributed by atoms with Crippen molar-refractivity contribution in [3.05, 3.63) is 84.5 Å². The second-order valence-corrected chi connectivity index (χ2v) is 9.95. The Balaban J connectivity index is 1.42. The van der Waals surface area contributed by atoms with Gasteiger partial charge in [-0.25, -0.2) is 4.98 Å². The van der Waals surface area contributed by atoms with Gasteiger partial charge in [0.2, 0.25) is 5.91 Å². The Morgan fingerprint density at radius 2 is 1.82 bits per heavy atom. The largest absolute Gasteiger partial charge is 0.381 e. The minimum Gasteiger partial charge on any atom is -0.381 e. The van der Waals surface area contributed by atoms with Gasteiger partial charge in [-0.3, -0.25) is 14.4 Å². The number of anilines is 1. The van der Waals surface area contributed by atoms with E-state index < -0.39 is 0 Å². The molecule has 4 heterocycles. The summed E-state index contributed by atoms with van der Waals surface area (Å²) in [4.78, 5) is 48.5. The van der Waals surface area contributed by atoms with Gasteiger partial charge in [0.05, 0.1) is 12.2 Å². The van der Waals surface area contributed by atoms with Crippen LogP contribution in [0.25, 0.3) is 22.2 Å². The highest BCUT2D eigenvalue weighted by molar-refractivity contribution is 6.09. The molecule has 10 heteroatoms. The summed E-state index contributed by atoms with van der Waals surface area (Å²) in [6, 6.07) is 15.0. The molecule has 40 heavy (non-hydrogen) atoms. The molecule has 2 aliphatic heterocycles. The zero-order chi connectivity index (χ0) is 27.6. The zero-order valence-electron chi connectivity index (χ0n) is 22.0. The highest BCUT2D eigenvalue weighted by Gasteiger charge is 2.32. The van der Waals surface area contributed by atoms with E-state index in [2.05, 4.69) is 22.2 Å². The van der Waals surface area contributed by atoms with Crippen molar-refractivity contribution >= 4 is 34.2 Å². The first-order valence-corrected chi connectivity index (χ1v) is 13.4. The molecule has 3 N–H and O–H groups in total. The van der Waals surface area contributed by atoms with Crippen LogP contribution in [0.3, 0.4) is 0 Å². The molecular weight excluding hydrogens is 508 g/mol. The summed E-state index contributed by atoms with van der Waals surface area (Å²) in [6.45, 7) is 5.98. The van der Waals surface area contributed by atoms with Crippen molar-refractivity contribution in [3.8, 4) is 11.4 Å². The molecule has 2 aromatic heterocycles. The summed E-state index contributed by atoms with van der Waals surface area (Å²) < 4.78 is 7.49. The number of H-pyrrole nitrogens is 1. The summed E-state index contributed by atoms with van der Waals surface area (Å²) in [6.07, 6.45) is 4.44. The summed E-state index contributed by atoms with van der Waals surface area (Å²) >= 11 is 0. The van der Waals surface area contributed by atoms with Crippen LogP contribution in [0, 0.1) is 0 Å². The lowest BCUT2D eigenvalue weighted by atomic mass is 10.0. The Morgan fingerprint density at radius 3 is 2.60 bits per heavy atom. The lowest BCUT2D eigenvalue weighted by Gasteiger charge is -2.29. The first-order valence-electron chi connectivity index (χ1n) is 13.4. The number of aromatic nitrogens is 3. The van der Waals surface area contributed by atoms with E-state index in [0.717, 1.165) is 29.2 Å². The molecule has 204 valence electrons. The van der Waals surface area contributed by atoms with Gasteiger partial charge in [0.15, 0.2) is 5.69 Å². The molecule has 4 aromatic rings. The van der Waals surface area contributed by atoms with Gasteiger partial charge < -0.3 is 29.8 Å². The number of nitrogens with one attached hydrogen (secondary N) is 3. The van der Waals surface area contributed by atoms with E-state index in [0.29, 0.717) is 54.9 Å². The molecule has 3 amide bonds. The number of hydrogen-bond donors (Lipinski definition) is 3. The monoisotopic (exact) mass is 538 g/mol. The van der Waals surface area contributed by atoms with E-state index in [-0.39, 0.29) is 30.3 Å². The van der Waals surface area contributed by atoms with Crippen LogP contribution < -0.4 is 10.6 Å². The summed E-state index contributed by atoms with van der Waals surface area (Å²) in [5.41, 5.74) is 3.01. The van der Waals surface area contributed by atoms with Gasteiger partial charge in [-0.05, 0) is 42.5 Å². The van der Waals surface area contributed by atoms with E-state index >= 15 is 0 Å². The lowest BCUT2D eigenvalue weighted by Crippen LogP contribution is -2.41. The van der Waals surface area contributed by atoms with Crippen molar-refractivity contribution in [2.24, 2.45) is 0 Å². The van der Waals surface area contributed by atoms with E-state index in [4.69, 9.17) is 9.72 Å². The maximum absolute atomic E-state index is 13.6. The minimum atomic E-state index is -0.296. The third kappa shape index (κ3) is 4.77. The average Bonchev–Trinajstić information content (AvgIpc) is 3.66. The molecule has 0 bridgehead atoms. The summed E-state index contributed by atoms with van der Waals surface area (Å²) in [7, 11) is 0. The predicted molar refractivity (Wildman–Crippen MR) is 151 cm³/mol. The standard InChI is InChI=1S/C30H30N6O4/c1-2-26(37)33-23-9-4-6-20-21(23)7-3-8-22(20)28-34-27(29(38)32-19-11-16-40-17-12-19)25-18-35(14-15-36(25)28)30(39)24-10-5-13-31-24/h2-10,13,19,31H,1,11-12,14-18H2,(H,32,38)(H,33,37). The number of aromatic amines is 1. The first-order chi connectivity index (χ1) is 19.5. The number of rotatable bonds is 6. The fourth-order valence-corrected chi connectivity index (χ4v) is 5.46. The molecule has 0 radical (unpaired) electrons. The predicted octanol–water partition coefficient (Wildman–Crippen LogP) is 3.72. The maximum atomic E-state index is 13.6. The zero-order valence-corrected chi connectivity index (χ0v) is 22.0. The van der Waals surface area contributed by atoms with Crippen molar-refractivity contribution in [1.82, 2.24) is 24.8 Å². The first kappa shape index (κ1) is 25.6. The van der Waals surface area contributed by atoms with Crippen LogP contribution in [0.1, 0.15) is 39.5 Å². The number of ether oxygens (including phenoxy) is 1. The van der Waals surface area contributed by atoms with Gasteiger partial charge in [0.1, 0.15) is 11.5 Å². The number of carbonyl (C=O) groups is 3. The fraction of sp³-hybridized carbons (Fsp3) is 0.267. The molecule has 2 aliphatic rings. The third-order valence-corrected chi connectivity index (χ3v) is 7.50. The molecule has 0 atom stereocenters. The van der Waals surface area contributed by atoms with Crippen LogP contribution in [-0.2, 0) is 22.6 Å². The number of fused-ring (bicyclic) bond motifs is 2. The molecule has 1 saturated heterocycles. The number of carbonyl (C=O) groups excluding carboxylic acids is 3.